The molecule has 2 amide bonds. The second kappa shape index (κ2) is 9.30. The van der Waals surface area contributed by atoms with E-state index in [2.05, 4.69) is 11.9 Å². The van der Waals surface area contributed by atoms with Crippen molar-refractivity contribution in [1.29, 1.82) is 0 Å². The van der Waals surface area contributed by atoms with Crippen LogP contribution in [0.2, 0.25) is 15.1 Å². The van der Waals surface area contributed by atoms with E-state index in [0.29, 0.717) is 21.3 Å². The second-order valence-corrected chi connectivity index (χ2v) is 10.7. The fourth-order valence-electron chi connectivity index (χ4n) is 4.33. The third-order valence-corrected chi connectivity index (χ3v) is 7.78. The molecule has 0 spiro atoms. The SMILES string of the molecule is C=Cc1cc(NC(=O)c2cc(C3(C(N)=O)C(c4cc(Cl)cc(Cl)c4)C3(Cl)Cl)ccc2Cl)ccc1F. The molecule has 0 aliphatic heterocycles. The summed E-state index contributed by atoms with van der Waals surface area (Å²) in [6, 6.07) is 13.1. The van der Waals surface area contributed by atoms with Crippen LogP contribution in [0.4, 0.5) is 10.1 Å². The summed E-state index contributed by atoms with van der Waals surface area (Å²) < 4.78 is 12.1. The van der Waals surface area contributed by atoms with Gasteiger partial charge < -0.3 is 11.1 Å². The van der Waals surface area contributed by atoms with Gasteiger partial charge in [0.05, 0.1) is 10.6 Å². The van der Waals surface area contributed by atoms with E-state index in [0.717, 1.165) is 0 Å². The van der Waals surface area contributed by atoms with Gasteiger partial charge in [-0.25, -0.2) is 4.39 Å². The first-order valence-corrected chi connectivity index (χ1v) is 12.0. The predicted molar refractivity (Wildman–Crippen MR) is 140 cm³/mol. The standard InChI is InChI=1S/C25H16Cl5FN2O2/c1-2-12-9-17(4-6-20(12)31)33-22(34)18-10-14(3-5-19(18)28)24(23(32)35)21(25(24,29)30)13-7-15(26)11-16(27)8-13/h2-11,21H,1H2,(H2,32,35)(H,33,34). The quantitative estimate of drug-likeness (QED) is 0.303. The first-order chi connectivity index (χ1) is 16.4. The fraction of sp³-hybridized carbons (Fsp3) is 0.120. The van der Waals surface area contributed by atoms with E-state index in [-0.39, 0.29) is 21.7 Å². The molecule has 2 atom stereocenters. The summed E-state index contributed by atoms with van der Waals surface area (Å²) in [5, 5.41) is 3.42. The van der Waals surface area contributed by atoms with Crippen LogP contribution in [0.25, 0.3) is 6.08 Å². The highest BCUT2D eigenvalue weighted by molar-refractivity contribution is 6.55. The molecule has 3 aromatic carbocycles. The van der Waals surface area contributed by atoms with Crippen molar-refractivity contribution in [1.82, 2.24) is 0 Å². The monoisotopic (exact) mass is 570 g/mol. The van der Waals surface area contributed by atoms with Crippen LogP contribution in [-0.4, -0.2) is 16.1 Å². The first kappa shape index (κ1) is 25.8. The van der Waals surface area contributed by atoms with Gasteiger partial charge in [0.2, 0.25) is 5.91 Å². The van der Waals surface area contributed by atoms with Gasteiger partial charge in [-0.15, -0.1) is 0 Å². The lowest BCUT2D eigenvalue weighted by Crippen LogP contribution is -2.34. The average Bonchev–Trinajstić information content (AvgIpc) is 3.32. The topological polar surface area (TPSA) is 72.2 Å². The molecule has 3 N–H and O–H groups in total. The molecule has 4 rings (SSSR count). The summed E-state index contributed by atoms with van der Waals surface area (Å²) in [6.45, 7) is 3.54. The molecule has 3 aromatic rings. The largest absolute Gasteiger partial charge is 0.369 e. The number of benzene rings is 3. The second-order valence-electron chi connectivity index (χ2n) is 8.02. The summed E-state index contributed by atoms with van der Waals surface area (Å²) >= 11 is 31.9. The van der Waals surface area contributed by atoms with Gasteiger partial charge in [-0.2, -0.15) is 0 Å². The minimum Gasteiger partial charge on any atom is -0.369 e. The van der Waals surface area contributed by atoms with Gasteiger partial charge in [-0.3, -0.25) is 9.59 Å². The van der Waals surface area contributed by atoms with E-state index < -0.39 is 33.3 Å². The minimum absolute atomic E-state index is 0.0354. The Morgan fingerprint density at radius 1 is 1.00 bits per heavy atom. The molecule has 10 heteroatoms. The number of primary amides is 1. The van der Waals surface area contributed by atoms with Crippen molar-refractivity contribution in [3.8, 4) is 0 Å². The van der Waals surface area contributed by atoms with Crippen LogP contribution >= 0.6 is 58.0 Å². The van der Waals surface area contributed by atoms with Crippen LogP contribution in [0.5, 0.6) is 0 Å². The highest BCUT2D eigenvalue weighted by Gasteiger charge is 2.80. The van der Waals surface area contributed by atoms with Crippen molar-refractivity contribution < 1.29 is 14.0 Å². The van der Waals surface area contributed by atoms with Crippen molar-refractivity contribution in [3.63, 3.8) is 0 Å². The molecule has 1 aliphatic carbocycles. The molecular weight excluding hydrogens is 557 g/mol. The van der Waals surface area contributed by atoms with Crippen molar-refractivity contribution in [2.24, 2.45) is 5.73 Å². The zero-order valence-corrected chi connectivity index (χ0v) is 21.5. The van der Waals surface area contributed by atoms with Crippen LogP contribution < -0.4 is 11.1 Å². The number of amides is 2. The zero-order valence-electron chi connectivity index (χ0n) is 17.7. The molecule has 1 saturated carbocycles. The number of nitrogens with two attached hydrogens (primary N) is 1. The molecule has 180 valence electrons. The number of rotatable bonds is 6. The van der Waals surface area contributed by atoms with E-state index in [9.17, 15) is 14.0 Å². The summed E-state index contributed by atoms with van der Waals surface area (Å²) in [6.07, 6.45) is 1.32. The number of carbonyl (C=O) groups is 2. The van der Waals surface area contributed by atoms with Crippen LogP contribution in [0, 0.1) is 5.82 Å². The molecule has 1 aliphatic rings. The van der Waals surface area contributed by atoms with E-state index >= 15 is 0 Å². The molecule has 2 unspecified atom stereocenters. The van der Waals surface area contributed by atoms with Gasteiger partial charge in [0.1, 0.15) is 15.6 Å². The molecule has 4 nitrogen and oxygen atoms in total. The van der Waals surface area contributed by atoms with Crippen molar-refractivity contribution >= 4 is 81.6 Å². The molecule has 0 heterocycles. The van der Waals surface area contributed by atoms with Gasteiger partial charge in [-0.05, 0) is 59.7 Å². The number of anilines is 1. The number of hydrogen-bond donors (Lipinski definition) is 2. The van der Waals surface area contributed by atoms with Gasteiger partial charge in [0, 0.05) is 27.2 Å². The molecule has 0 aromatic heterocycles. The number of halogens is 6. The van der Waals surface area contributed by atoms with Gasteiger partial charge in [-0.1, -0.05) is 76.7 Å². The first-order valence-electron chi connectivity index (χ1n) is 10.1. The van der Waals surface area contributed by atoms with Crippen LogP contribution in [0.3, 0.4) is 0 Å². The van der Waals surface area contributed by atoms with Crippen molar-refractivity contribution in [3.05, 3.63) is 104 Å². The van der Waals surface area contributed by atoms with Gasteiger partial charge in [0.25, 0.3) is 5.91 Å². The maximum absolute atomic E-state index is 13.8. The Bertz CT molecular complexity index is 1370. The lowest BCUT2D eigenvalue weighted by Gasteiger charge is -2.17. The highest BCUT2D eigenvalue weighted by atomic mass is 35.5. The van der Waals surface area contributed by atoms with E-state index in [4.69, 9.17) is 63.7 Å². The Balaban J connectivity index is 1.76. The fourth-order valence-corrected chi connectivity index (χ4v) is 6.17. The Hall–Kier alpha value is -2.28. The summed E-state index contributed by atoms with van der Waals surface area (Å²) in [7, 11) is 0. The lowest BCUT2D eigenvalue weighted by molar-refractivity contribution is -0.120. The smallest absolute Gasteiger partial charge is 0.257 e. The lowest BCUT2D eigenvalue weighted by atomic mass is 9.88. The van der Waals surface area contributed by atoms with E-state index in [1.165, 1.54) is 48.5 Å². The Labute approximate surface area is 225 Å². The molecular formula is C25H16Cl5FN2O2. The summed E-state index contributed by atoms with van der Waals surface area (Å²) in [4.78, 5) is 25.9. The molecule has 35 heavy (non-hydrogen) atoms. The van der Waals surface area contributed by atoms with Crippen LogP contribution in [-0.2, 0) is 10.2 Å². The third-order valence-electron chi connectivity index (χ3n) is 5.98. The van der Waals surface area contributed by atoms with E-state index in [1.54, 1.807) is 12.1 Å². The highest BCUT2D eigenvalue weighted by Crippen LogP contribution is 2.74. The molecule has 1 fully saturated rings. The number of nitrogens with one attached hydrogen (secondary N) is 1. The van der Waals surface area contributed by atoms with Gasteiger partial charge in [0.15, 0.2) is 0 Å². The Morgan fingerprint density at radius 3 is 2.26 bits per heavy atom. The number of hydrogen-bond acceptors (Lipinski definition) is 2. The number of alkyl halides is 2. The average molecular weight is 573 g/mol. The number of carbonyl (C=O) groups excluding carboxylic acids is 2. The summed E-state index contributed by atoms with van der Waals surface area (Å²) in [5.74, 6) is -2.68. The Kier molecular flexibility index (Phi) is 6.86. The van der Waals surface area contributed by atoms with Gasteiger partial charge >= 0.3 is 0 Å². The third kappa shape index (κ3) is 4.30. The van der Waals surface area contributed by atoms with Crippen molar-refractivity contribution in [2.75, 3.05) is 5.32 Å². The maximum Gasteiger partial charge on any atom is 0.257 e. The Morgan fingerprint density at radius 2 is 1.66 bits per heavy atom. The maximum atomic E-state index is 13.8. The molecule has 0 saturated heterocycles. The predicted octanol–water partition coefficient (Wildman–Crippen LogP) is 7.38. The zero-order chi connectivity index (χ0) is 25.7. The molecule has 0 radical (unpaired) electrons. The van der Waals surface area contributed by atoms with Crippen molar-refractivity contribution in [2.45, 2.75) is 15.7 Å². The summed E-state index contributed by atoms with van der Waals surface area (Å²) in [5.41, 5.74) is 5.60. The van der Waals surface area contributed by atoms with Crippen LogP contribution in [0.15, 0.2) is 61.2 Å². The van der Waals surface area contributed by atoms with Crippen LogP contribution in [0.1, 0.15) is 33.0 Å². The minimum atomic E-state index is -1.65. The molecule has 0 bridgehead atoms. The van der Waals surface area contributed by atoms with E-state index in [1.807, 2.05) is 0 Å². The normalized spacial score (nSPS) is 20.2.